The molecule has 1 aliphatic carbocycles. The number of carbonyl (C=O) groups excluding carboxylic acids is 1. The molecule has 2 fully saturated rings. The Morgan fingerprint density at radius 2 is 1.97 bits per heavy atom. The summed E-state index contributed by atoms with van der Waals surface area (Å²) in [6.07, 6.45) is 11.3. The Labute approximate surface area is 177 Å². The van der Waals surface area contributed by atoms with Gasteiger partial charge in [0.15, 0.2) is 17.2 Å². The maximum absolute atomic E-state index is 12.9. The molecule has 2 aliphatic rings. The molecule has 1 aliphatic heterocycles. The molecule has 1 amide bonds. The first-order valence-electron chi connectivity index (χ1n) is 10.2. The Balaban J connectivity index is 1.77. The van der Waals surface area contributed by atoms with Crippen LogP contribution in [-0.2, 0) is 4.79 Å². The van der Waals surface area contributed by atoms with E-state index in [2.05, 4.69) is 23.4 Å². The first kappa shape index (κ1) is 21.5. The van der Waals surface area contributed by atoms with Gasteiger partial charge in [0, 0.05) is 18.9 Å². The molecular formula is C23H26N4O3. The molecule has 0 radical (unpaired) electrons. The molecule has 7 heteroatoms. The number of nitriles is 2. The number of likely N-dealkylation sites (tertiary alicyclic amines) is 1. The molecule has 156 valence electrons. The fourth-order valence-corrected chi connectivity index (χ4v) is 4.25. The van der Waals surface area contributed by atoms with Crippen LogP contribution >= 0.6 is 0 Å². The van der Waals surface area contributed by atoms with Crippen LogP contribution < -0.4 is 14.8 Å². The summed E-state index contributed by atoms with van der Waals surface area (Å²) >= 11 is 0. The van der Waals surface area contributed by atoms with Crippen LogP contribution in [0.15, 0.2) is 18.2 Å². The van der Waals surface area contributed by atoms with Crippen LogP contribution in [-0.4, -0.2) is 42.3 Å². The summed E-state index contributed by atoms with van der Waals surface area (Å²) in [6, 6.07) is 8.48. The minimum absolute atomic E-state index is 0.0367. The number of hydrogen-bond acceptors (Lipinski definition) is 6. The molecule has 2 atom stereocenters. The van der Waals surface area contributed by atoms with E-state index in [9.17, 15) is 10.1 Å². The third kappa shape index (κ3) is 4.51. The van der Waals surface area contributed by atoms with Gasteiger partial charge in [-0.15, -0.1) is 6.42 Å². The molecule has 1 aromatic rings. The quantitative estimate of drug-likeness (QED) is 0.576. The number of terminal acetylenes is 1. The van der Waals surface area contributed by atoms with Crippen molar-refractivity contribution in [3.63, 3.8) is 0 Å². The van der Waals surface area contributed by atoms with E-state index in [1.54, 1.807) is 18.2 Å². The van der Waals surface area contributed by atoms with E-state index in [-0.39, 0.29) is 18.5 Å². The normalized spacial score (nSPS) is 22.4. The third-order valence-corrected chi connectivity index (χ3v) is 5.84. The maximum atomic E-state index is 12.9. The van der Waals surface area contributed by atoms with Gasteiger partial charge in [-0.1, -0.05) is 12.3 Å². The Morgan fingerprint density at radius 1 is 1.23 bits per heavy atom. The molecule has 3 rings (SSSR count). The molecule has 30 heavy (non-hydrogen) atoms. The van der Waals surface area contributed by atoms with Crippen molar-refractivity contribution in [3.05, 3.63) is 23.8 Å². The summed E-state index contributed by atoms with van der Waals surface area (Å²) in [5.41, 5.74) is -0.236. The Kier molecular flexibility index (Phi) is 6.83. The van der Waals surface area contributed by atoms with E-state index < -0.39 is 11.8 Å². The first-order valence-corrected chi connectivity index (χ1v) is 10.2. The van der Waals surface area contributed by atoms with Gasteiger partial charge < -0.3 is 14.4 Å². The van der Waals surface area contributed by atoms with Gasteiger partial charge in [-0.2, -0.15) is 10.5 Å². The lowest BCUT2D eigenvalue weighted by atomic mass is 9.91. The van der Waals surface area contributed by atoms with Crippen LogP contribution in [0, 0.1) is 35.0 Å². The van der Waals surface area contributed by atoms with E-state index in [4.69, 9.17) is 21.2 Å². The molecule has 1 saturated heterocycles. The lowest BCUT2D eigenvalue weighted by molar-refractivity contribution is -0.133. The Morgan fingerprint density at radius 3 is 2.60 bits per heavy atom. The largest absolute Gasteiger partial charge is 0.493 e. The van der Waals surface area contributed by atoms with E-state index >= 15 is 0 Å². The molecule has 1 aromatic carbocycles. The lowest BCUT2D eigenvalue weighted by Gasteiger charge is -2.39. The SMILES string of the molecule is C#C[C@H]1CC[C@@H](C#N)N1C(=O)CNC1(Oc2ccc(C#N)cc2OC)CCCCC1. The molecule has 0 unspecified atom stereocenters. The Hall–Kier alpha value is -3.21. The number of nitrogens with one attached hydrogen (secondary N) is 1. The van der Waals surface area contributed by atoms with Gasteiger partial charge in [-0.25, -0.2) is 0 Å². The summed E-state index contributed by atoms with van der Waals surface area (Å²) in [5, 5.41) is 21.8. The number of amides is 1. The average molecular weight is 406 g/mol. The minimum Gasteiger partial charge on any atom is -0.493 e. The van der Waals surface area contributed by atoms with E-state index in [0.717, 1.165) is 32.1 Å². The standard InChI is InChI=1S/C23H26N4O3/c1-3-18-8-9-19(15-25)27(18)22(28)16-26-23(11-5-4-6-12-23)30-20-10-7-17(14-24)13-21(20)29-2/h1,7,10,13,18-19,26H,4-6,8-9,11-12,16H2,2H3/t18-,19-/m0/s1. The number of ether oxygens (including phenoxy) is 2. The van der Waals surface area contributed by atoms with Crippen LogP contribution in [0.4, 0.5) is 0 Å². The van der Waals surface area contributed by atoms with Crippen molar-refractivity contribution in [3.8, 4) is 36.0 Å². The molecule has 1 N–H and O–H groups in total. The van der Waals surface area contributed by atoms with Crippen molar-refractivity contribution in [1.29, 1.82) is 10.5 Å². The van der Waals surface area contributed by atoms with Crippen LogP contribution in [0.3, 0.4) is 0 Å². The van der Waals surface area contributed by atoms with Gasteiger partial charge in [-0.05, 0) is 37.8 Å². The zero-order valence-corrected chi connectivity index (χ0v) is 17.2. The predicted octanol–water partition coefficient (Wildman–Crippen LogP) is 2.71. The molecule has 1 saturated carbocycles. The second-order valence-corrected chi connectivity index (χ2v) is 7.69. The van der Waals surface area contributed by atoms with Gasteiger partial charge in [-0.3, -0.25) is 10.1 Å². The number of carbonyl (C=O) groups is 1. The second kappa shape index (κ2) is 9.53. The highest BCUT2D eigenvalue weighted by Gasteiger charge is 2.39. The van der Waals surface area contributed by atoms with Gasteiger partial charge in [0.2, 0.25) is 5.91 Å². The molecule has 1 heterocycles. The van der Waals surface area contributed by atoms with Gasteiger partial charge in [0.05, 0.1) is 37.4 Å². The van der Waals surface area contributed by atoms with Crippen molar-refractivity contribution in [2.75, 3.05) is 13.7 Å². The summed E-state index contributed by atoms with van der Waals surface area (Å²) in [4.78, 5) is 14.4. The third-order valence-electron chi connectivity index (χ3n) is 5.84. The molecule has 0 bridgehead atoms. The smallest absolute Gasteiger partial charge is 0.238 e. The highest BCUT2D eigenvalue weighted by Crippen LogP contribution is 2.36. The second-order valence-electron chi connectivity index (χ2n) is 7.69. The Bertz CT molecular complexity index is 880. The van der Waals surface area contributed by atoms with Crippen molar-refractivity contribution in [2.24, 2.45) is 0 Å². The monoisotopic (exact) mass is 406 g/mol. The zero-order valence-electron chi connectivity index (χ0n) is 17.2. The first-order chi connectivity index (χ1) is 14.6. The average Bonchev–Trinajstić information content (AvgIpc) is 3.22. The van der Waals surface area contributed by atoms with E-state index in [0.29, 0.717) is 29.9 Å². The molecule has 0 spiro atoms. The van der Waals surface area contributed by atoms with Crippen molar-refractivity contribution < 1.29 is 14.3 Å². The lowest BCUT2D eigenvalue weighted by Crippen LogP contribution is -2.56. The zero-order chi connectivity index (χ0) is 21.6. The summed E-state index contributed by atoms with van der Waals surface area (Å²) in [7, 11) is 1.53. The molecule has 7 nitrogen and oxygen atoms in total. The molecule has 0 aromatic heterocycles. The number of hydrogen-bond donors (Lipinski definition) is 1. The van der Waals surface area contributed by atoms with E-state index in [1.165, 1.54) is 12.0 Å². The topological polar surface area (TPSA) is 98.4 Å². The number of rotatable bonds is 6. The van der Waals surface area contributed by atoms with Crippen LogP contribution in [0.2, 0.25) is 0 Å². The number of nitrogens with zero attached hydrogens (tertiary/aromatic N) is 3. The van der Waals surface area contributed by atoms with Crippen molar-refractivity contribution in [2.45, 2.75) is 62.8 Å². The summed E-state index contributed by atoms with van der Waals surface area (Å²) < 4.78 is 11.8. The van der Waals surface area contributed by atoms with Gasteiger partial charge >= 0.3 is 0 Å². The van der Waals surface area contributed by atoms with Crippen molar-refractivity contribution in [1.82, 2.24) is 10.2 Å². The summed E-state index contributed by atoms with van der Waals surface area (Å²) in [5.74, 6) is 3.43. The van der Waals surface area contributed by atoms with Gasteiger partial charge in [0.1, 0.15) is 6.04 Å². The van der Waals surface area contributed by atoms with Crippen LogP contribution in [0.5, 0.6) is 11.5 Å². The fraction of sp³-hybridized carbons (Fsp3) is 0.522. The van der Waals surface area contributed by atoms with Crippen molar-refractivity contribution >= 4 is 5.91 Å². The molecular weight excluding hydrogens is 380 g/mol. The van der Waals surface area contributed by atoms with E-state index in [1.807, 2.05) is 0 Å². The van der Waals surface area contributed by atoms with Crippen LogP contribution in [0.1, 0.15) is 50.5 Å². The minimum atomic E-state index is -0.719. The maximum Gasteiger partial charge on any atom is 0.238 e. The number of benzene rings is 1. The highest BCUT2D eigenvalue weighted by molar-refractivity contribution is 5.80. The highest BCUT2D eigenvalue weighted by atomic mass is 16.5. The number of methoxy groups -OCH3 is 1. The summed E-state index contributed by atoms with van der Waals surface area (Å²) in [6.45, 7) is 0.0367. The van der Waals surface area contributed by atoms with Gasteiger partial charge in [0.25, 0.3) is 0 Å². The fourth-order valence-electron chi connectivity index (χ4n) is 4.25. The van der Waals surface area contributed by atoms with Crippen LogP contribution in [0.25, 0.3) is 0 Å². The predicted molar refractivity (Wildman–Crippen MR) is 110 cm³/mol.